The zero-order valence-electron chi connectivity index (χ0n) is 15.5. The third kappa shape index (κ3) is 2.55. The van der Waals surface area contributed by atoms with Gasteiger partial charge in [-0.15, -0.1) is 0 Å². The number of hydrogen-bond donors (Lipinski definition) is 0. The van der Waals surface area contributed by atoms with Gasteiger partial charge in [0.15, 0.2) is 11.5 Å². The van der Waals surface area contributed by atoms with Crippen molar-refractivity contribution >= 4 is 0 Å². The van der Waals surface area contributed by atoms with Crippen molar-refractivity contribution in [2.45, 2.75) is 45.7 Å². The van der Waals surface area contributed by atoms with E-state index in [1.165, 1.54) is 27.8 Å². The molecule has 26 heavy (non-hydrogen) atoms. The highest BCUT2D eigenvalue weighted by molar-refractivity contribution is 5.52. The third-order valence-corrected chi connectivity index (χ3v) is 5.85. The van der Waals surface area contributed by atoms with E-state index in [0.717, 1.165) is 56.2 Å². The summed E-state index contributed by atoms with van der Waals surface area (Å²) in [5, 5.41) is 0. The van der Waals surface area contributed by atoms with Gasteiger partial charge in [0.05, 0.1) is 6.61 Å². The maximum absolute atomic E-state index is 5.97. The lowest BCUT2D eigenvalue weighted by molar-refractivity contribution is 0.160. The standard InChI is InChI=1S/C22H25NO3/c1-3-6-24-20-10-16-8-19-18-11-22-21(25-13-26-22)9-15(18)4-5-23(19)12-17(16)7-14(20)2/h7,9-11,19H,3-6,8,12-13H2,1-2H3. The number of rotatable bonds is 3. The molecule has 5 rings (SSSR count). The number of benzene rings is 2. The van der Waals surface area contributed by atoms with Crippen LogP contribution in [-0.2, 0) is 19.4 Å². The predicted octanol–water partition coefficient (Wildman–Crippen LogP) is 4.17. The summed E-state index contributed by atoms with van der Waals surface area (Å²) >= 11 is 0. The van der Waals surface area contributed by atoms with E-state index in [2.05, 4.69) is 43.0 Å². The number of ether oxygens (including phenoxy) is 3. The van der Waals surface area contributed by atoms with E-state index < -0.39 is 0 Å². The Kier molecular flexibility index (Phi) is 3.82. The molecule has 4 nitrogen and oxygen atoms in total. The molecule has 3 heterocycles. The fourth-order valence-corrected chi connectivity index (χ4v) is 4.49. The molecular formula is C22H25NO3. The minimum absolute atomic E-state index is 0.340. The molecule has 4 heteroatoms. The molecule has 1 atom stereocenters. The molecule has 0 N–H and O–H groups in total. The molecule has 0 aliphatic carbocycles. The van der Waals surface area contributed by atoms with Crippen molar-refractivity contribution in [3.8, 4) is 17.2 Å². The normalized spacial score (nSPS) is 20.3. The molecule has 0 fully saturated rings. The zero-order valence-corrected chi connectivity index (χ0v) is 15.5. The van der Waals surface area contributed by atoms with Crippen molar-refractivity contribution in [2.75, 3.05) is 19.9 Å². The lowest BCUT2D eigenvalue weighted by atomic mass is 9.83. The van der Waals surface area contributed by atoms with Gasteiger partial charge in [-0.3, -0.25) is 4.90 Å². The largest absolute Gasteiger partial charge is 0.493 e. The van der Waals surface area contributed by atoms with Crippen LogP contribution in [0.4, 0.5) is 0 Å². The molecule has 136 valence electrons. The van der Waals surface area contributed by atoms with Crippen molar-refractivity contribution in [3.05, 3.63) is 52.1 Å². The van der Waals surface area contributed by atoms with E-state index in [4.69, 9.17) is 14.2 Å². The van der Waals surface area contributed by atoms with E-state index in [-0.39, 0.29) is 0 Å². The van der Waals surface area contributed by atoms with E-state index in [9.17, 15) is 0 Å². The van der Waals surface area contributed by atoms with Crippen molar-refractivity contribution < 1.29 is 14.2 Å². The summed E-state index contributed by atoms with van der Waals surface area (Å²) in [5.41, 5.74) is 6.94. The second-order valence-electron chi connectivity index (χ2n) is 7.58. The van der Waals surface area contributed by atoms with Crippen LogP contribution < -0.4 is 14.2 Å². The van der Waals surface area contributed by atoms with Crippen molar-refractivity contribution in [1.82, 2.24) is 4.90 Å². The van der Waals surface area contributed by atoms with Crippen LogP contribution in [0.3, 0.4) is 0 Å². The van der Waals surface area contributed by atoms with E-state index >= 15 is 0 Å². The molecule has 0 saturated heterocycles. The monoisotopic (exact) mass is 351 g/mol. The van der Waals surface area contributed by atoms with Gasteiger partial charge in [0.2, 0.25) is 6.79 Å². The average Bonchev–Trinajstić information content (AvgIpc) is 3.10. The lowest BCUT2D eigenvalue weighted by Gasteiger charge is -2.41. The molecule has 3 aliphatic heterocycles. The highest BCUT2D eigenvalue weighted by Gasteiger charge is 2.34. The number of hydrogen-bond acceptors (Lipinski definition) is 4. The summed E-state index contributed by atoms with van der Waals surface area (Å²) in [5.74, 6) is 2.84. The predicted molar refractivity (Wildman–Crippen MR) is 100 cm³/mol. The van der Waals surface area contributed by atoms with Gasteiger partial charge in [0.1, 0.15) is 5.75 Å². The molecule has 2 aromatic carbocycles. The Morgan fingerprint density at radius 1 is 1.08 bits per heavy atom. The Hall–Kier alpha value is -2.20. The molecule has 0 saturated carbocycles. The Labute approximate surface area is 154 Å². The van der Waals surface area contributed by atoms with Gasteiger partial charge < -0.3 is 14.2 Å². The summed E-state index contributed by atoms with van der Waals surface area (Å²) in [7, 11) is 0. The Bertz CT molecular complexity index is 861. The topological polar surface area (TPSA) is 30.9 Å². The van der Waals surface area contributed by atoms with Crippen LogP contribution in [0.25, 0.3) is 0 Å². The second kappa shape index (κ2) is 6.20. The average molecular weight is 351 g/mol. The highest BCUT2D eigenvalue weighted by Crippen LogP contribution is 2.44. The van der Waals surface area contributed by atoms with Crippen LogP contribution in [0.5, 0.6) is 17.2 Å². The van der Waals surface area contributed by atoms with E-state index in [0.29, 0.717) is 12.8 Å². The molecule has 0 amide bonds. The fourth-order valence-electron chi connectivity index (χ4n) is 4.49. The maximum atomic E-state index is 5.97. The van der Waals surface area contributed by atoms with Gasteiger partial charge in [-0.05, 0) is 72.2 Å². The Balaban J connectivity index is 1.50. The first-order chi connectivity index (χ1) is 12.7. The van der Waals surface area contributed by atoms with Crippen LogP contribution in [0, 0.1) is 6.92 Å². The van der Waals surface area contributed by atoms with Gasteiger partial charge in [0, 0.05) is 19.1 Å². The number of fused-ring (bicyclic) bond motifs is 5. The number of aryl methyl sites for hydroxylation is 1. The molecule has 0 aromatic heterocycles. The van der Waals surface area contributed by atoms with E-state index in [1.807, 2.05) is 0 Å². The van der Waals surface area contributed by atoms with Gasteiger partial charge in [-0.25, -0.2) is 0 Å². The van der Waals surface area contributed by atoms with Crippen molar-refractivity contribution in [3.63, 3.8) is 0 Å². The lowest BCUT2D eigenvalue weighted by Crippen LogP contribution is -2.39. The van der Waals surface area contributed by atoms with Crippen molar-refractivity contribution in [1.29, 1.82) is 0 Å². The Morgan fingerprint density at radius 2 is 1.92 bits per heavy atom. The molecule has 0 bridgehead atoms. The molecule has 3 aliphatic rings. The molecule has 0 spiro atoms. The smallest absolute Gasteiger partial charge is 0.231 e. The number of nitrogens with zero attached hydrogens (tertiary/aromatic N) is 1. The fraction of sp³-hybridized carbons (Fsp3) is 0.455. The van der Waals surface area contributed by atoms with Gasteiger partial charge in [-0.1, -0.05) is 13.0 Å². The summed E-state index contributed by atoms with van der Waals surface area (Å²) in [4.78, 5) is 2.61. The summed E-state index contributed by atoms with van der Waals surface area (Å²) in [6.07, 6.45) is 3.15. The second-order valence-corrected chi connectivity index (χ2v) is 7.58. The van der Waals surface area contributed by atoms with E-state index in [1.54, 1.807) is 0 Å². The quantitative estimate of drug-likeness (QED) is 0.830. The first-order valence-electron chi connectivity index (χ1n) is 9.64. The highest BCUT2D eigenvalue weighted by atomic mass is 16.7. The van der Waals surface area contributed by atoms with Crippen LogP contribution in [0.2, 0.25) is 0 Å². The van der Waals surface area contributed by atoms with Crippen LogP contribution in [-0.4, -0.2) is 24.8 Å². The zero-order chi connectivity index (χ0) is 17.7. The SMILES string of the molecule is CCCOc1cc2c(cc1C)CN1CCc3cc4c(cc3C1C2)OCO4. The van der Waals surface area contributed by atoms with Gasteiger partial charge in [0.25, 0.3) is 0 Å². The first kappa shape index (κ1) is 16.0. The minimum Gasteiger partial charge on any atom is -0.493 e. The molecule has 2 aromatic rings. The first-order valence-corrected chi connectivity index (χ1v) is 9.64. The third-order valence-electron chi connectivity index (χ3n) is 5.85. The maximum Gasteiger partial charge on any atom is 0.231 e. The minimum atomic E-state index is 0.340. The summed E-state index contributed by atoms with van der Waals surface area (Å²) < 4.78 is 17.2. The summed E-state index contributed by atoms with van der Waals surface area (Å²) in [6, 6.07) is 9.42. The molecule has 0 radical (unpaired) electrons. The van der Waals surface area contributed by atoms with Gasteiger partial charge >= 0.3 is 0 Å². The Morgan fingerprint density at radius 3 is 2.77 bits per heavy atom. The van der Waals surface area contributed by atoms with Crippen molar-refractivity contribution in [2.24, 2.45) is 0 Å². The molecule has 1 unspecified atom stereocenters. The van der Waals surface area contributed by atoms with Crippen LogP contribution in [0.15, 0.2) is 24.3 Å². The molecular weight excluding hydrogens is 326 g/mol. The summed E-state index contributed by atoms with van der Waals surface area (Å²) in [6.45, 7) is 7.54. The van der Waals surface area contributed by atoms with Crippen LogP contribution in [0.1, 0.15) is 47.2 Å². The van der Waals surface area contributed by atoms with Crippen LogP contribution >= 0.6 is 0 Å². The van der Waals surface area contributed by atoms with Gasteiger partial charge in [-0.2, -0.15) is 0 Å².